The zero-order valence-corrected chi connectivity index (χ0v) is 9.59. The van der Waals surface area contributed by atoms with Crippen molar-refractivity contribution in [2.75, 3.05) is 14.0 Å². The van der Waals surface area contributed by atoms with Gasteiger partial charge in [0.25, 0.3) is 0 Å². The second kappa shape index (κ2) is 7.20. The summed E-state index contributed by atoms with van der Waals surface area (Å²) in [5.41, 5.74) is 1.48. The van der Waals surface area contributed by atoms with Crippen LogP contribution in [0, 0.1) is 0 Å². The van der Waals surface area contributed by atoms with E-state index in [0.717, 1.165) is 11.7 Å². The third kappa shape index (κ3) is 3.80. The van der Waals surface area contributed by atoms with Gasteiger partial charge in [-0.1, -0.05) is 25.0 Å². The van der Waals surface area contributed by atoms with Crippen molar-refractivity contribution in [3.05, 3.63) is 29.8 Å². The van der Waals surface area contributed by atoms with Crippen molar-refractivity contribution in [3.8, 4) is 5.75 Å². The number of hydrogen-bond donors (Lipinski definition) is 0. The molecule has 1 aliphatic rings. The van der Waals surface area contributed by atoms with Gasteiger partial charge in [-0.3, -0.25) is 0 Å². The molecule has 0 atom stereocenters. The third-order valence-electron chi connectivity index (χ3n) is 2.94. The highest BCUT2D eigenvalue weighted by Gasteiger charge is 2.16. The lowest BCUT2D eigenvalue weighted by Gasteiger charge is -2.09. The Hall–Kier alpha value is -1.12. The first-order chi connectivity index (χ1) is 7.81. The van der Waals surface area contributed by atoms with Gasteiger partial charge in [0.1, 0.15) is 5.75 Å². The summed E-state index contributed by atoms with van der Waals surface area (Å²) in [6, 6.07) is 8.53. The summed E-state index contributed by atoms with van der Waals surface area (Å²) >= 11 is 0. The standard InChI is InChI=1S/C12H16O.CH2F2/c1-13-12-8-6-11(7-9-12)10-4-2-3-5-10;2-1-3/h6-10H,2-5H2,1H3;1H2. The van der Waals surface area contributed by atoms with Crippen molar-refractivity contribution >= 4 is 0 Å². The molecule has 0 amide bonds. The van der Waals surface area contributed by atoms with Crippen molar-refractivity contribution < 1.29 is 13.5 Å². The van der Waals surface area contributed by atoms with E-state index in [4.69, 9.17) is 4.74 Å². The predicted octanol–water partition coefficient (Wildman–Crippen LogP) is 4.24. The zero-order chi connectivity index (χ0) is 11.8. The number of halogens is 2. The van der Waals surface area contributed by atoms with E-state index < -0.39 is 6.93 Å². The molecule has 0 saturated heterocycles. The third-order valence-corrected chi connectivity index (χ3v) is 2.94. The number of hydrogen-bond acceptors (Lipinski definition) is 1. The van der Waals surface area contributed by atoms with Gasteiger partial charge in [0.2, 0.25) is 6.93 Å². The maximum atomic E-state index is 9.62. The minimum Gasteiger partial charge on any atom is -0.497 e. The quantitative estimate of drug-likeness (QED) is 0.735. The Labute approximate surface area is 95.4 Å². The lowest BCUT2D eigenvalue weighted by Crippen LogP contribution is -1.91. The van der Waals surface area contributed by atoms with Gasteiger partial charge >= 0.3 is 0 Å². The molecule has 0 bridgehead atoms. The molecule has 0 heterocycles. The van der Waals surface area contributed by atoms with Crippen molar-refractivity contribution in [3.63, 3.8) is 0 Å². The van der Waals surface area contributed by atoms with E-state index in [2.05, 4.69) is 24.3 Å². The fourth-order valence-corrected chi connectivity index (χ4v) is 2.14. The molecule has 0 radical (unpaired) electrons. The molecule has 1 saturated carbocycles. The second-order valence-corrected chi connectivity index (χ2v) is 3.86. The summed E-state index contributed by atoms with van der Waals surface area (Å²) in [5.74, 6) is 1.77. The van der Waals surface area contributed by atoms with Gasteiger partial charge in [0, 0.05) is 0 Å². The molecule has 2 rings (SSSR count). The van der Waals surface area contributed by atoms with Crippen molar-refractivity contribution in [1.29, 1.82) is 0 Å². The van der Waals surface area contributed by atoms with E-state index in [1.807, 2.05) is 0 Å². The summed E-state index contributed by atoms with van der Waals surface area (Å²) < 4.78 is 24.4. The minimum absolute atomic E-state index is 0.811. The van der Waals surface area contributed by atoms with Crippen molar-refractivity contribution in [1.82, 2.24) is 0 Å². The molecule has 1 aromatic rings. The fraction of sp³-hybridized carbons (Fsp3) is 0.538. The van der Waals surface area contributed by atoms with Crippen molar-refractivity contribution in [2.45, 2.75) is 31.6 Å². The Kier molecular flexibility index (Phi) is 5.83. The smallest absolute Gasteiger partial charge is 0.229 e. The average Bonchev–Trinajstić information content (AvgIpc) is 2.84. The van der Waals surface area contributed by atoms with Gasteiger partial charge in [0.05, 0.1) is 7.11 Å². The van der Waals surface area contributed by atoms with Crippen LogP contribution in [-0.2, 0) is 0 Å². The first-order valence-electron chi connectivity index (χ1n) is 5.57. The molecule has 0 N–H and O–H groups in total. The minimum atomic E-state index is -1.75. The molecule has 0 unspecified atom stereocenters. The van der Waals surface area contributed by atoms with Gasteiger partial charge in [-0.2, -0.15) is 0 Å². The Morgan fingerprint density at radius 2 is 1.62 bits per heavy atom. The first kappa shape index (κ1) is 12.9. The van der Waals surface area contributed by atoms with Crippen LogP contribution in [-0.4, -0.2) is 14.0 Å². The van der Waals surface area contributed by atoms with Crippen LogP contribution >= 0.6 is 0 Å². The van der Waals surface area contributed by atoms with Crippen molar-refractivity contribution in [2.24, 2.45) is 0 Å². The molecule has 3 heteroatoms. The topological polar surface area (TPSA) is 9.23 Å². The molecule has 16 heavy (non-hydrogen) atoms. The highest BCUT2D eigenvalue weighted by atomic mass is 19.3. The summed E-state index contributed by atoms with van der Waals surface area (Å²) in [5, 5.41) is 0. The lowest BCUT2D eigenvalue weighted by atomic mass is 9.98. The number of methoxy groups -OCH3 is 1. The summed E-state index contributed by atoms with van der Waals surface area (Å²) in [7, 11) is 1.71. The summed E-state index contributed by atoms with van der Waals surface area (Å²) in [6.07, 6.45) is 5.53. The Morgan fingerprint density at radius 3 is 2.06 bits per heavy atom. The lowest BCUT2D eigenvalue weighted by molar-refractivity contribution is 0.295. The average molecular weight is 228 g/mol. The summed E-state index contributed by atoms with van der Waals surface area (Å²) in [6.45, 7) is -1.75. The van der Waals surface area contributed by atoms with E-state index in [0.29, 0.717) is 0 Å². The fourth-order valence-electron chi connectivity index (χ4n) is 2.14. The summed E-state index contributed by atoms with van der Waals surface area (Å²) in [4.78, 5) is 0. The Bertz CT molecular complexity index is 278. The predicted molar refractivity (Wildman–Crippen MR) is 61.3 cm³/mol. The molecule has 0 spiro atoms. The molecular formula is C13H18F2O. The number of ether oxygens (including phenoxy) is 1. The molecule has 0 aromatic heterocycles. The van der Waals surface area contributed by atoms with Crippen LogP contribution in [0.3, 0.4) is 0 Å². The van der Waals surface area contributed by atoms with E-state index in [1.165, 1.54) is 31.2 Å². The van der Waals surface area contributed by atoms with Gasteiger partial charge in [-0.15, -0.1) is 0 Å². The monoisotopic (exact) mass is 228 g/mol. The normalized spacial score (nSPS) is 15.4. The van der Waals surface area contributed by atoms with Gasteiger partial charge in [-0.25, -0.2) is 8.78 Å². The SMILES string of the molecule is COc1ccc(C2CCCC2)cc1.FCF. The van der Waals surface area contributed by atoms with E-state index in [-0.39, 0.29) is 0 Å². The number of benzene rings is 1. The largest absolute Gasteiger partial charge is 0.497 e. The van der Waals surface area contributed by atoms with Crippen LogP contribution < -0.4 is 4.74 Å². The van der Waals surface area contributed by atoms with Gasteiger partial charge in [-0.05, 0) is 36.5 Å². The van der Waals surface area contributed by atoms with Gasteiger partial charge in [0.15, 0.2) is 0 Å². The molecule has 1 aromatic carbocycles. The van der Waals surface area contributed by atoms with E-state index >= 15 is 0 Å². The number of alkyl halides is 2. The van der Waals surface area contributed by atoms with Crippen LogP contribution in [0.25, 0.3) is 0 Å². The second-order valence-electron chi connectivity index (χ2n) is 3.86. The molecule has 1 nitrogen and oxygen atoms in total. The zero-order valence-electron chi connectivity index (χ0n) is 9.59. The Balaban J connectivity index is 0.000000386. The van der Waals surface area contributed by atoms with Crippen LogP contribution in [0.2, 0.25) is 0 Å². The first-order valence-corrected chi connectivity index (χ1v) is 5.57. The maximum absolute atomic E-state index is 9.62. The molecule has 1 aliphatic carbocycles. The van der Waals surface area contributed by atoms with E-state index in [9.17, 15) is 8.78 Å². The van der Waals surface area contributed by atoms with Gasteiger partial charge < -0.3 is 4.74 Å². The van der Waals surface area contributed by atoms with E-state index in [1.54, 1.807) is 7.11 Å². The van der Waals surface area contributed by atoms with Crippen LogP contribution in [0.4, 0.5) is 8.78 Å². The molecular weight excluding hydrogens is 210 g/mol. The Morgan fingerprint density at radius 1 is 1.12 bits per heavy atom. The molecule has 90 valence electrons. The number of rotatable bonds is 2. The molecule has 0 aliphatic heterocycles. The van der Waals surface area contributed by atoms with Crippen LogP contribution in [0.5, 0.6) is 5.75 Å². The maximum Gasteiger partial charge on any atom is 0.229 e. The van der Waals surface area contributed by atoms with Crippen LogP contribution in [0.15, 0.2) is 24.3 Å². The molecule has 1 fully saturated rings. The highest BCUT2D eigenvalue weighted by molar-refractivity contribution is 5.29. The van der Waals surface area contributed by atoms with Crippen LogP contribution in [0.1, 0.15) is 37.2 Å². The highest BCUT2D eigenvalue weighted by Crippen LogP contribution is 2.34.